The van der Waals surface area contributed by atoms with Gasteiger partial charge < -0.3 is 20.3 Å². The summed E-state index contributed by atoms with van der Waals surface area (Å²) in [6, 6.07) is 5.75. The Bertz CT molecular complexity index is 931. The Hall–Kier alpha value is -2.90. The molecule has 1 aliphatic carbocycles. The van der Waals surface area contributed by atoms with Crippen LogP contribution in [-0.2, 0) is 9.53 Å². The number of halogens is 2. The van der Waals surface area contributed by atoms with Crippen LogP contribution in [0.4, 0.5) is 8.78 Å². The fourth-order valence-electron chi connectivity index (χ4n) is 3.65. The number of hydrogen-bond acceptors (Lipinski definition) is 5. The quantitative estimate of drug-likeness (QED) is 0.530. The Labute approximate surface area is 166 Å². The summed E-state index contributed by atoms with van der Waals surface area (Å²) in [5.74, 6) is -5.64. The molecule has 3 rings (SSSR count). The highest BCUT2D eigenvalue weighted by atomic mass is 19.3. The Kier molecular flexibility index (Phi) is 5.91. The maximum atomic E-state index is 14.6. The van der Waals surface area contributed by atoms with E-state index in [1.807, 2.05) is 0 Å². The van der Waals surface area contributed by atoms with Crippen molar-refractivity contribution in [2.24, 2.45) is 5.92 Å². The molecular weight excluding hydrogens is 384 g/mol. The van der Waals surface area contributed by atoms with Crippen molar-refractivity contribution in [1.82, 2.24) is 5.32 Å². The molecule has 156 valence electrons. The van der Waals surface area contributed by atoms with Gasteiger partial charge in [0, 0.05) is 11.8 Å². The maximum absolute atomic E-state index is 14.6. The first kappa shape index (κ1) is 20.8. The van der Waals surface area contributed by atoms with Crippen molar-refractivity contribution in [1.29, 1.82) is 0 Å². The number of carbonyl (C=O) groups is 2. The van der Waals surface area contributed by atoms with Gasteiger partial charge in [-0.2, -0.15) is 0 Å². The molecule has 29 heavy (non-hydrogen) atoms. The highest BCUT2D eigenvalue weighted by Crippen LogP contribution is 2.36. The van der Waals surface area contributed by atoms with Crippen LogP contribution >= 0.6 is 0 Å². The van der Waals surface area contributed by atoms with E-state index in [2.05, 4.69) is 5.32 Å². The molecule has 2 aromatic carbocycles. The lowest BCUT2D eigenvalue weighted by Gasteiger charge is -2.25. The number of nitrogens with one attached hydrogen (secondary N) is 1. The highest BCUT2D eigenvalue weighted by molar-refractivity contribution is 6.04. The molecule has 1 amide bonds. The lowest BCUT2D eigenvalue weighted by molar-refractivity contribution is -0.148. The molecule has 6 nitrogen and oxygen atoms in total. The number of amides is 1. The van der Waals surface area contributed by atoms with Gasteiger partial charge in [-0.15, -0.1) is 0 Å². The number of phenolic OH excluding ortho intramolecular Hbond substituents is 2. The predicted molar refractivity (Wildman–Crippen MR) is 102 cm³/mol. The number of rotatable bonds is 4. The van der Waals surface area contributed by atoms with E-state index in [0.29, 0.717) is 5.39 Å². The first-order valence-corrected chi connectivity index (χ1v) is 9.53. The van der Waals surface area contributed by atoms with Crippen molar-refractivity contribution in [2.45, 2.75) is 44.6 Å². The first-order valence-electron chi connectivity index (χ1n) is 9.53. The van der Waals surface area contributed by atoms with Gasteiger partial charge in [0.15, 0.2) is 0 Å². The third-order valence-corrected chi connectivity index (χ3v) is 5.29. The van der Waals surface area contributed by atoms with E-state index in [4.69, 9.17) is 4.74 Å². The topological polar surface area (TPSA) is 95.9 Å². The molecule has 1 saturated carbocycles. The number of esters is 1. The zero-order valence-corrected chi connectivity index (χ0v) is 16.0. The lowest BCUT2D eigenvalue weighted by Crippen LogP contribution is -2.47. The van der Waals surface area contributed by atoms with Crippen molar-refractivity contribution in [3.63, 3.8) is 0 Å². The van der Waals surface area contributed by atoms with E-state index in [1.54, 1.807) is 19.1 Å². The molecule has 1 fully saturated rings. The van der Waals surface area contributed by atoms with Crippen LogP contribution in [0.3, 0.4) is 0 Å². The second-order valence-electron chi connectivity index (χ2n) is 7.22. The van der Waals surface area contributed by atoms with Gasteiger partial charge >= 0.3 is 5.97 Å². The number of carbonyl (C=O) groups excluding carboxylic acids is 2. The minimum atomic E-state index is -3.19. The molecule has 0 heterocycles. The van der Waals surface area contributed by atoms with Crippen molar-refractivity contribution in [3.8, 4) is 11.5 Å². The van der Waals surface area contributed by atoms with Crippen LogP contribution in [0.5, 0.6) is 11.5 Å². The van der Waals surface area contributed by atoms with Crippen LogP contribution in [0.25, 0.3) is 10.8 Å². The average molecular weight is 407 g/mol. The van der Waals surface area contributed by atoms with Crippen LogP contribution < -0.4 is 5.32 Å². The summed E-state index contributed by atoms with van der Waals surface area (Å²) in [6.45, 7) is 1.84. The Morgan fingerprint density at radius 3 is 2.62 bits per heavy atom. The first-order chi connectivity index (χ1) is 13.7. The van der Waals surface area contributed by atoms with Crippen LogP contribution in [0, 0.1) is 5.92 Å². The molecule has 2 atom stereocenters. The van der Waals surface area contributed by atoms with E-state index >= 15 is 0 Å². The fourth-order valence-corrected chi connectivity index (χ4v) is 3.65. The Morgan fingerprint density at radius 1 is 1.17 bits per heavy atom. The van der Waals surface area contributed by atoms with Gasteiger partial charge in [-0.3, -0.25) is 9.59 Å². The summed E-state index contributed by atoms with van der Waals surface area (Å²) in [6.07, 6.45) is -0.466. The van der Waals surface area contributed by atoms with Crippen molar-refractivity contribution in [3.05, 3.63) is 35.9 Å². The van der Waals surface area contributed by atoms with Crippen LogP contribution in [0.2, 0.25) is 0 Å². The standard InChI is InChI=1S/C21H23F2NO5/c1-2-29-20(28)13-5-8-17(21(22,23)10-9-13)24-19(27)15-7-4-12-3-6-14(25)11-16(12)18(15)26/h3-4,6-7,11,13,17,25-26H,2,5,8-10H2,1H3,(H,24,27)/t13-,17-/m1/s1. The number of aromatic hydroxyl groups is 2. The van der Waals surface area contributed by atoms with Crippen molar-refractivity contribution < 1.29 is 33.3 Å². The number of hydrogen-bond donors (Lipinski definition) is 3. The van der Waals surface area contributed by atoms with E-state index < -0.39 is 41.9 Å². The molecule has 0 aliphatic heterocycles. The van der Waals surface area contributed by atoms with E-state index in [1.165, 1.54) is 18.2 Å². The SMILES string of the molecule is CCOC(=O)[C@@H]1CC[C@@H](NC(=O)c2ccc3ccc(O)cc3c2O)C(F)(F)CC1. The zero-order valence-electron chi connectivity index (χ0n) is 16.0. The van der Waals surface area contributed by atoms with E-state index in [-0.39, 0.29) is 42.6 Å². The van der Waals surface area contributed by atoms with Crippen molar-refractivity contribution >= 4 is 22.6 Å². The molecule has 0 bridgehead atoms. The van der Waals surface area contributed by atoms with Crippen LogP contribution in [0.15, 0.2) is 30.3 Å². The van der Waals surface area contributed by atoms with Crippen LogP contribution in [0.1, 0.15) is 43.0 Å². The number of fused-ring (bicyclic) bond motifs is 1. The summed E-state index contributed by atoms with van der Waals surface area (Å²) in [7, 11) is 0. The van der Waals surface area contributed by atoms with E-state index in [9.17, 15) is 28.6 Å². The predicted octanol–water partition coefficient (Wildman–Crippen LogP) is 3.74. The molecule has 8 heteroatoms. The second-order valence-corrected chi connectivity index (χ2v) is 7.22. The summed E-state index contributed by atoms with van der Waals surface area (Å²) >= 11 is 0. The molecular formula is C21H23F2NO5. The normalized spacial score (nSPS) is 21.3. The minimum absolute atomic E-state index is 0.0152. The molecule has 3 N–H and O–H groups in total. The Balaban J connectivity index is 1.79. The molecule has 1 aliphatic rings. The Morgan fingerprint density at radius 2 is 1.90 bits per heavy atom. The minimum Gasteiger partial charge on any atom is -0.508 e. The second kappa shape index (κ2) is 8.23. The molecule has 0 aromatic heterocycles. The molecule has 0 radical (unpaired) electrons. The molecule has 2 aromatic rings. The van der Waals surface area contributed by atoms with Crippen LogP contribution in [-0.4, -0.2) is 40.7 Å². The number of ether oxygens (including phenoxy) is 1. The third-order valence-electron chi connectivity index (χ3n) is 5.29. The van der Waals surface area contributed by atoms with Gasteiger partial charge in [-0.05, 0) is 49.8 Å². The summed E-state index contributed by atoms with van der Waals surface area (Å²) < 4.78 is 34.1. The van der Waals surface area contributed by atoms with Gasteiger partial charge in [-0.25, -0.2) is 8.78 Å². The van der Waals surface area contributed by atoms with Gasteiger partial charge in [0.2, 0.25) is 0 Å². The third kappa shape index (κ3) is 4.41. The number of alkyl halides is 2. The fraction of sp³-hybridized carbons (Fsp3) is 0.429. The molecule has 0 spiro atoms. The summed E-state index contributed by atoms with van der Waals surface area (Å²) in [5, 5.41) is 23.2. The molecule has 0 unspecified atom stereocenters. The van der Waals surface area contributed by atoms with Gasteiger partial charge in [0.25, 0.3) is 11.8 Å². The van der Waals surface area contributed by atoms with Crippen molar-refractivity contribution in [2.75, 3.05) is 6.61 Å². The zero-order chi connectivity index (χ0) is 21.2. The average Bonchev–Trinajstić information content (AvgIpc) is 2.81. The van der Waals surface area contributed by atoms with Gasteiger partial charge in [-0.1, -0.05) is 12.1 Å². The van der Waals surface area contributed by atoms with E-state index in [0.717, 1.165) is 0 Å². The highest BCUT2D eigenvalue weighted by Gasteiger charge is 2.44. The monoisotopic (exact) mass is 407 g/mol. The summed E-state index contributed by atoms with van der Waals surface area (Å²) in [5.41, 5.74) is -0.162. The summed E-state index contributed by atoms with van der Waals surface area (Å²) in [4.78, 5) is 24.5. The van der Waals surface area contributed by atoms with Gasteiger partial charge in [0.1, 0.15) is 11.5 Å². The number of benzene rings is 2. The number of phenols is 2. The maximum Gasteiger partial charge on any atom is 0.308 e. The smallest absolute Gasteiger partial charge is 0.308 e. The largest absolute Gasteiger partial charge is 0.508 e. The molecule has 0 saturated heterocycles. The van der Waals surface area contributed by atoms with Gasteiger partial charge in [0.05, 0.1) is 24.1 Å². The lowest BCUT2D eigenvalue weighted by atomic mass is 10.0.